The van der Waals surface area contributed by atoms with Crippen LogP contribution in [0.5, 0.6) is 11.5 Å². The van der Waals surface area contributed by atoms with Crippen LogP contribution < -0.4 is 9.47 Å². The molecule has 1 aliphatic rings. The largest absolute Gasteiger partial charge is 0.493 e. The number of hydrogen-bond acceptors (Lipinski definition) is 9. The van der Waals surface area contributed by atoms with Gasteiger partial charge in [0, 0.05) is 35.5 Å². The molecule has 0 spiro atoms. The fourth-order valence-electron chi connectivity index (χ4n) is 3.66. The van der Waals surface area contributed by atoms with Crippen molar-refractivity contribution in [1.82, 2.24) is 4.57 Å². The van der Waals surface area contributed by atoms with Gasteiger partial charge < -0.3 is 39.2 Å². The minimum absolute atomic E-state index is 0.00360. The molecular formula is C21H22N2O9. The summed E-state index contributed by atoms with van der Waals surface area (Å²) in [4.78, 5) is 10.6. The predicted octanol–water partition coefficient (Wildman–Crippen LogP) is 0.726. The third-order valence-corrected chi connectivity index (χ3v) is 5.40. The summed E-state index contributed by atoms with van der Waals surface area (Å²) in [6.07, 6.45) is -5.29. The molecule has 170 valence electrons. The maximum absolute atomic E-state index is 11.0. The number of rotatable bonds is 6. The molecule has 3 aromatic rings. The van der Waals surface area contributed by atoms with Gasteiger partial charge in [0.05, 0.1) is 24.2 Å². The molecule has 0 unspecified atom stereocenters. The van der Waals surface area contributed by atoms with Gasteiger partial charge in [-0.1, -0.05) is 0 Å². The van der Waals surface area contributed by atoms with Crippen LogP contribution in [0.1, 0.15) is 0 Å². The van der Waals surface area contributed by atoms with Crippen LogP contribution in [0.15, 0.2) is 48.7 Å². The van der Waals surface area contributed by atoms with E-state index in [1.807, 2.05) is 4.57 Å². The first-order valence-electron chi connectivity index (χ1n) is 9.75. The Labute approximate surface area is 181 Å². The van der Waals surface area contributed by atoms with Crippen LogP contribution in [0.25, 0.3) is 16.6 Å². The third kappa shape index (κ3) is 3.87. The van der Waals surface area contributed by atoms with Crippen LogP contribution in [0.2, 0.25) is 0 Å². The lowest BCUT2D eigenvalue weighted by Gasteiger charge is -2.39. The van der Waals surface area contributed by atoms with Crippen molar-refractivity contribution < 1.29 is 39.6 Å². The molecule has 0 aliphatic carbocycles. The number of benzene rings is 2. The van der Waals surface area contributed by atoms with E-state index < -0.39 is 42.2 Å². The molecule has 11 nitrogen and oxygen atoms in total. The lowest BCUT2D eigenvalue weighted by molar-refractivity contribution is -0.384. The summed E-state index contributed by atoms with van der Waals surface area (Å²) < 4.78 is 18.3. The Bertz CT molecular complexity index is 1130. The summed E-state index contributed by atoms with van der Waals surface area (Å²) >= 11 is 0. The first-order chi connectivity index (χ1) is 15.3. The molecule has 4 rings (SSSR count). The number of aliphatic hydroxyl groups excluding tert-OH is 4. The van der Waals surface area contributed by atoms with Gasteiger partial charge in [0.15, 0.2) is 11.5 Å². The highest BCUT2D eigenvalue weighted by molar-refractivity contribution is 5.84. The molecule has 1 aromatic heterocycles. The Balaban J connectivity index is 1.63. The van der Waals surface area contributed by atoms with E-state index in [4.69, 9.17) is 14.2 Å². The number of ether oxygens (including phenoxy) is 3. The first-order valence-corrected chi connectivity index (χ1v) is 9.75. The second-order valence-corrected chi connectivity index (χ2v) is 7.34. The van der Waals surface area contributed by atoms with Crippen molar-refractivity contribution in [3.8, 4) is 17.2 Å². The normalized spacial score (nSPS) is 25.6. The Kier molecular flexibility index (Phi) is 6.00. The molecule has 1 aliphatic heterocycles. The number of nitro groups is 1. The quantitative estimate of drug-likeness (QED) is 0.316. The molecule has 0 amide bonds. The number of non-ortho nitro benzene ring substituents is 1. The Morgan fingerprint density at radius 3 is 2.53 bits per heavy atom. The fourth-order valence-corrected chi connectivity index (χ4v) is 3.66. The molecule has 0 radical (unpaired) electrons. The van der Waals surface area contributed by atoms with Crippen molar-refractivity contribution in [3.05, 3.63) is 58.8 Å². The van der Waals surface area contributed by atoms with Gasteiger partial charge in [-0.25, -0.2) is 0 Å². The molecule has 32 heavy (non-hydrogen) atoms. The number of methoxy groups -OCH3 is 1. The minimum atomic E-state index is -1.56. The predicted molar refractivity (Wildman–Crippen MR) is 111 cm³/mol. The zero-order valence-electron chi connectivity index (χ0n) is 16.9. The van der Waals surface area contributed by atoms with E-state index >= 15 is 0 Å². The van der Waals surface area contributed by atoms with Crippen molar-refractivity contribution in [2.75, 3.05) is 13.7 Å². The van der Waals surface area contributed by atoms with Crippen LogP contribution in [0, 0.1) is 10.1 Å². The minimum Gasteiger partial charge on any atom is -0.493 e. The van der Waals surface area contributed by atoms with Crippen molar-refractivity contribution in [3.63, 3.8) is 0 Å². The smallest absolute Gasteiger partial charge is 0.270 e. The van der Waals surface area contributed by atoms with E-state index in [2.05, 4.69) is 0 Å². The highest BCUT2D eigenvalue weighted by atomic mass is 16.7. The lowest BCUT2D eigenvalue weighted by Crippen LogP contribution is -2.60. The summed E-state index contributed by atoms with van der Waals surface area (Å²) in [7, 11) is 1.43. The Morgan fingerprint density at radius 1 is 1.06 bits per heavy atom. The van der Waals surface area contributed by atoms with E-state index in [1.54, 1.807) is 36.5 Å². The van der Waals surface area contributed by atoms with E-state index in [0.29, 0.717) is 16.8 Å². The molecule has 2 heterocycles. The molecular weight excluding hydrogens is 424 g/mol. The van der Waals surface area contributed by atoms with Gasteiger partial charge in [0.1, 0.15) is 24.4 Å². The van der Waals surface area contributed by atoms with E-state index in [9.17, 15) is 30.5 Å². The Morgan fingerprint density at radius 2 is 1.84 bits per heavy atom. The second kappa shape index (κ2) is 8.73. The van der Waals surface area contributed by atoms with Crippen LogP contribution in [0.4, 0.5) is 5.69 Å². The molecule has 11 heteroatoms. The van der Waals surface area contributed by atoms with E-state index in [1.165, 1.54) is 19.2 Å². The van der Waals surface area contributed by atoms with Crippen molar-refractivity contribution in [2.24, 2.45) is 0 Å². The van der Waals surface area contributed by atoms with Gasteiger partial charge in [0.25, 0.3) is 5.69 Å². The van der Waals surface area contributed by atoms with Gasteiger partial charge in [0.2, 0.25) is 6.29 Å². The van der Waals surface area contributed by atoms with Crippen LogP contribution >= 0.6 is 0 Å². The van der Waals surface area contributed by atoms with Crippen LogP contribution in [-0.4, -0.2) is 74.3 Å². The number of hydrogen-bond donors (Lipinski definition) is 4. The number of aliphatic hydroxyl groups is 4. The molecule has 0 bridgehead atoms. The highest BCUT2D eigenvalue weighted by Gasteiger charge is 2.44. The average molecular weight is 446 g/mol. The topological polar surface area (TPSA) is 157 Å². The summed E-state index contributed by atoms with van der Waals surface area (Å²) in [5.74, 6) is 0.496. The molecule has 5 atom stereocenters. The molecule has 4 N–H and O–H groups in total. The number of nitro benzene ring substituents is 1. The monoisotopic (exact) mass is 446 g/mol. The zero-order chi connectivity index (χ0) is 23.0. The van der Waals surface area contributed by atoms with Gasteiger partial charge in [-0.3, -0.25) is 10.1 Å². The second-order valence-electron chi connectivity index (χ2n) is 7.34. The summed E-state index contributed by atoms with van der Waals surface area (Å²) in [6, 6.07) is 11.3. The van der Waals surface area contributed by atoms with Crippen molar-refractivity contribution >= 4 is 16.6 Å². The van der Waals surface area contributed by atoms with Gasteiger partial charge in [-0.05, 0) is 24.3 Å². The molecule has 2 aromatic carbocycles. The standard InChI is InChI=1S/C21H22N2O9/c1-30-16-9-12(22-7-6-11-8-13(23(28)29)2-4-14(11)22)3-5-15(16)31-21-20(27)19(26)18(25)17(10-24)32-21/h2-9,17-21,24-27H,10H2,1H3/t17-,18-,19+,20+,21+/m1/s1. The first kappa shape index (κ1) is 22.0. The fraction of sp³-hybridized carbons (Fsp3) is 0.333. The summed E-state index contributed by atoms with van der Waals surface area (Å²) in [5, 5.41) is 51.1. The number of nitrogens with zero attached hydrogens (tertiary/aromatic N) is 2. The summed E-state index contributed by atoms with van der Waals surface area (Å²) in [5.41, 5.74) is 1.43. The molecule has 1 fully saturated rings. The number of fused-ring (bicyclic) bond motifs is 1. The van der Waals surface area contributed by atoms with Gasteiger partial charge in [-0.2, -0.15) is 0 Å². The SMILES string of the molecule is COc1cc(-n2ccc3cc([N+](=O)[O-])ccc32)ccc1O[C@H]1O[C@H](CO)[C@@H](O)[C@H](O)[C@@H]1O. The van der Waals surface area contributed by atoms with Gasteiger partial charge in [-0.15, -0.1) is 0 Å². The average Bonchev–Trinajstić information content (AvgIpc) is 3.22. The molecule has 0 saturated carbocycles. The maximum atomic E-state index is 11.0. The maximum Gasteiger partial charge on any atom is 0.270 e. The van der Waals surface area contributed by atoms with Crippen molar-refractivity contribution in [2.45, 2.75) is 30.7 Å². The highest BCUT2D eigenvalue weighted by Crippen LogP contribution is 2.34. The Hall–Kier alpha value is -3.22. The van der Waals surface area contributed by atoms with E-state index in [-0.39, 0.29) is 11.4 Å². The lowest BCUT2D eigenvalue weighted by atomic mass is 9.99. The number of aromatic nitrogens is 1. The van der Waals surface area contributed by atoms with E-state index in [0.717, 1.165) is 5.52 Å². The van der Waals surface area contributed by atoms with Gasteiger partial charge >= 0.3 is 0 Å². The van der Waals surface area contributed by atoms with Crippen LogP contribution in [-0.2, 0) is 4.74 Å². The summed E-state index contributed by atoms with van der Waals surface area (Å²) in [6.45, 7) is -0.570. The van der Waals surface area contributed by atoms with Crippen LogP contribution in [0.3, 0.4) is 0 Å². The van der Waals surface area contributed by atoms with Crippen molar-refractivity contribution in [1.29, 1.82) is 0 Å². The molecule has 1 saturated heterocycles. The third-order valence-electron chi connectivity index (χ3n) is 5.40. The zero-order valence-corrected chi connectivity index (χ0v) is 16.9.